The summed E-state index contributed by atoms with van der Waals surface area (Å²) in [7, 11) is 3.92. The van der Waals surface area contributed by atoms with Crippen LogP contribution in [0.2, 0.25) is 5.02 Å². The van der Waals surface area contributed by atoms with Gasteiger partial charge in [0.1, 0.15) is 35.6 Å². The largest absolute Gasteiger partial charge is 0.461 e. The number of likely N-dealkylation sites (N-methyl/N-ethyl adjacent to an activating group) is 1. The summed E-state index contributed by atoms with van der Waals surface area (Å²) in [6.07, 6.45) is 7.06. The van der Waals surface area contributed by atoms with Crippen LogP contribution < -0.4 is 9.64 Å². The lowest BCUT2D eigenvalue weighted by molar-refractivity contribution is -0.125. The van der Waals surface area contributed by atoms with Crippen molar-refractivity contribution >= 4 is 45.0 Å². The molecule has 0 spiro atoms. The number of carbonyl (C=O) groups is 1. The van der Waals surface area contributed by atoms with Gasteiger partial charge >= 0.3 is 6.01 Å². The van der Waals surface area contributed by atoms with Crippen LogP contribution in [0.15, 0.2) is 48.7 Å². The molecule has 13 heteroatoms. The van der Waals surface area contributed by atoms with Crippen molar-refractivity contribution in [2.24, 2.45) is 5.92 Å². The first-order chi connectivity index (χ1) is 24.1. The third-order valence-electron chi connectivity index (χ3n) is 11.0. The fourth-order valence-corrected chi connectivity index (χ4v) is 8.60. The second-order valence-corrected chi connectivity index (χ2v) is 14.7. The second kappa shape index (κ2) is 13.0. The number of hydrogen-bond acceptors (Lipinski definition) is 8. The van der Waals surface area contributed by atoms with Gasteiger partial charge in [0.15, 0.2) is 5.82 Å². The summed E-state index contributed by atoms with van der Waals surface area (Å²) in [5.74, 6) is -0.571. The van der Waals surface area contributed by atoms with Gasteiger partial charge in [-0.2, -0.15) is 9.97 Å². The van der Waals surface area contributed by atoms with Gasteiger partial charge in [0.2, 0.25) is 5.91 Å². The zero-order chi connectivity index (χ0) is 34.7. The minimum atomic E-state index is -0.931. The van der Waals surface area contributed by atoms with Crippen molar-refractivity contribution in [3.05, 3.63) is 65.3 Å². The van der Waals surface area contributed by atoms with Crippen LogP contribution in [0, 0.1) is 17.6 Å². The van der Waals surface area contributed by atoms with Crippen molar-refractivity contribution in [2.75, 3.05) is 64.9 Å². The Bertz CT molecular complexity index is 2010. The molecule has 0 aliphatic carbocycles. The molecule has 1 amide bonds. The van der Waals surface area contributed by atoms with E-state index in [0.29, 0.717) is 65.9 Å². The third-order valence-corrected chi connectivity index (χ3v) is 11.4. The van der Waals surface area contributed by atoms with Crippen LogP contribution >= 0.6 is 11.6 Å². The van der Waals surface area contributed by atoms with Gasteiger partial charge in [-0.15, -0.1) is 0 Å². The SMILES string of the molecule is CN1CC(/C=C/C(=O)N2CC[C@@H](N(C)c3nc(OC[C@@]45CCCN4CC(F)C5)nc4c(F)c(-c5cccc6ccc(F)c(Cl)c56)ncc34)C2)C1. The van der Waals surface area contributed by atoms with Crippen molar-refractivity contribution in [1.82, 2.24) is 29.7 Å². The number of fused-ring (bicyclic) bond motifs is 3. The Morgan fingerprint density at radius 1 is 1.14 bits per heavy atom. The van der Waals surface area contributed by atoms with Gasteiger partial charge in [0, 0.05) is 75.3 Å². The van der Waals surface area contributed by atoms with Gasteiger partial charge in [0.25, 0.3) is 0 Å². The first-order valence-corrected chi connectivity index (χ1v) is 17.6. The van der Waals surface area contributed by atoms with E-state index in [2.05, 4.69) is 26.8 Å². The van der Waals surface area contributed by atoms with E-state index in [1.165, 1.54) is 12.3 Å². The number of likely N-dealkylation sites (tertiary alicyclic amines) is 2. The molecule has 9 nitrogen and oxygen atoms in total. The first-order valence-electron chi connectivity index (χ1n) is 17.2. The number of rotatable bonds is 8. The minimum absolute atomic E-state index is 0.0127. The van der Waals surface area contributed by atoms with Gasteiger partial charge in [-0.1, -0.05) is 41.9 Å². The lowest BCUT2D eigenvalue weighted by Crippen LogP contribution is -2.43. The summed E-state index contributed by atoms with van der Waals surface area (Å²) in [4.78, 5) is 35.1. The van der Waals surface area contributed by atoms with Gasteiger partial charge < -0.3 is 19.4 Å². The normalized spacial score (nSPS) is 24.5. The van der Waals surface area contributed by atoms with E-state index in [4.69, 9.17) is 21.3 Å². The first kappa shape index (κ1) is 33.2. The van der Waals surface area contributed by atoms with E-state index in [1.807, 2.05) is 22.9 Å². The van der Waals surface area contributed by atoms with Gasteiger partial charge in [-0.3, -0.25) is 14.7 Å². The Hall–Kier alpha value is -4.00. The summed E-state index contributed by atoms with van der Waals surface area (Å²) in [6.45, 7) is 4.29. The number of anilines is 1. The Balaban J connectivity index is 1.15. The fraction of sp³-hybridized carbons (Fsp3) is 0.459. The summed E-state index contributed by atoms with van der Waals surface area (Å²) in [6, 6.07) is 7.90. The van der Waals surface area contributed by atoms with Crippen LogP contribution in [0.4, 0.5) is 19.0 Å². The maximum atomic E-state index is 16.8. The number of pyridine rings is 1. The molecule has 50 heavy (non-hydrogen) atoms. The van der Waals surface area contributed by atoms with E-state index in [9.17, 15) is 13.6 Å². The average molecular weight is 706 g/mol. The van der Waals surface area contributed by atoms with Crippen molar-refractivity contribution in [1.29, 1.82) is 0 Å². The highest BCUT2D eigenvalue weighted by molar-refractivity contribution is 6.36. The molecule has 4 aromatic rings. The molecule has 4 saturated heterocycles. The number of aromatic nitrogens is 3. The zero-order valence-corrected chi connectivity index (χ0v) is 28.8. The number of benzene rings is 2. The van der Waals surface area contributed by atoms with E-state index in [1.54, 1.807) is 30.3 Å². The molecule has 0 N–H and O–H groups in total. The number of halogens is 4. The molecule has 1 unspecified atom stereocenters. The Kier molecular flexibility index (Phi) is 8.59. The average Bonchev–Trinajstić information content (AvgIpc) is 3.81. The molecule has 0 bridgehead atoms. The lowest BCUT2D eigenvalue weighted by Gasteiger charge is -2.34. The number of ether oxygens (including phenoxy) is 1. The van der Waals surface area contributed by atoms with Crippen molar-refractivity contribution in [3.8, 4) is 17.3 Å². The lowest BCUT2D eigenvalue weighted by atomic mass is 9.95. The Labute approximate surface area is 293 Å². The second-order valence-electron chi connectivity index (χ2n) is 14.3. The number of nitrogens with zero attached hydrogens (tertiary/aromatic N) is 7. The van der Waals surface area contributed by atoms with Crippen LogP contribution in [0.5, 0.6) is 6.01 Å². The van der Waals surface area contributed by atoms with E-state index in [0.717, 1.165) is 32.5 Å². The van der Waals surface area contributed by atoms with Crippen LogP contribution in [-0.4, -0.2) is 113 Å². The number of hydrogen-bond donors (Lipinski definition) is 0. The summed E-state index contributed by atoms with van der Waals surface area (Å²) in [5.41, 5.74) is -0.173. The highest BCUT2D eigenvalue weighted by Gasteiger charge is 2.49. The fourth-order valence-electron chi connectivity index (χ4n) is 8.32. The van der Waals surface area contributed by atoms with Crippen LogP contribution in [0.1, 0.15) is 25.7 Å². The predicted octanol–water partition coefficient (Wildman–Crippen LogP) is 5.89. The number of carbonyl (C=O) groups excluding carboxylic acids is 1. The van der Waals surface area contributed by atoms with Gasteiger partial charge in [0.05, 0.1) is 15.9 Å². The quantitative estimate of drug-likeness (QED) is 0.210. The van der Waals surface area contributed by atoms with E-state index >= 15 is 4.39 Å². The van der Waals surface area contributed by atoms with Gasteiger partial charge in [-0.05, 0) is 50.4 Å². The summed E-state index contributed by atoms with van der Waals surface area (Å²) >= 11 is 6.42. The monoisotopic (exact) mass is 705 g/mol. The third kappa shape index (κ3) is 5.84. The maximum Gasteiger partial charge on any atom is 0.319 e. The standard InChI is InChI=1S/C37H39ClF3N7O2/c1-45-17-22(18-45)7-10-29(49)47-14-11-25(20-47)46(2)35-27-16-42-33(26-6-3-5-23-8-9-28(40)31(38)30(23)26)32(41)34(27)43-36(44-35)50-21-37-12-4-13-48(37)19-24(39)15-37/h3,5-10,16,22,24-25H,4,11-15,17-21H2,1-2H3/b10-7+/t24?,25-,37+/m1/s1. The minimum Gasteiger partial charge on any atom is -0.461 e. The number of alkyl halides is 1. The van der Waals surface area contributed by atoms with Crippen LogP contribution in [0.3, 0.4) is 0 Å². The molecule has 0 saturated carbocycles. The highest BCUT2D eigenvalue weighted by atomic mass is 35.5. The summed E-state index contributed by atoms with van der Waals surface area (Å²) in [5, 5.41) is 1.23. The van der Waals surface area contributed by atoms with E-state index in [-0.39, 0.29) is 40.8 Å². The van der Waals surface area contributed by atoms with Crippen molar-refractivity contribution in [3.63, 3.8) is 0 Å². The molecule has 2 aromatic carbocycles. The molecule has 4 fully saturated rings. The molecule has 3 atom stereocenters. The molecular weight excluding hydrogens is 667 g/mol. The molecule has 262 valence electrons. The Morgan fingerprint density at radius 2 is 1.98 bits per heavy atom. The smallest absolute Gasteiger partial charge is 0.319 e. The molecule has 0 radical (unpaired) electrons. The Morgan fingerprint density at radius 3 is 2.80 bits per heavy atom. The molecule has 4 aliphatic heterocycles. The van der Waals surface area contributed by atoms with Crippen molar-refractivity contribution < 1.29 is 22.7 Å². The van der Waals surface area contributed by atoms with Gasteiger partial charge in [-0.25, -0.2) is 13.2 Å². The molecule has 2 aromatic heterocycles. The zero-order valence-electron chi connectivity index (χ0n) is 28.1. The van der Waals surface area contributed by atoms with Crippen LogP contribution in [0.25, 0.3) is 32.9 Å². The maximum absolute atomic E-state index is 16.8. The molecular formula is C37H39ClF3N7O2. The molecule has 8 rings (SSSR count). The van der Waals surface area contributed by atoms with Crippen molar-refractivity contribution in [2.45, 2.75) is 43.4 Å². The summed E-state index contributed by atoms with van der Waals surface area (Å²) < 4.78 is 52.2. The highest BCUT2D eigenvalue weighted by Crippen LogP contribution is 2.42. The predicted molar refractivity (Wildman–Crippen MR) is 187 cm³/mol. The molecule has 4 aliphatic rings. The topological polar surface area (TPSA) is 77.9 Å². The number of amides is 1. The molecule has 6 heterocycles. The van der Waals surface area contributed by atoms with Crippen LogP contribution in [-0.2, 0) is 4.79 Å². The van der Waals surface area contributed by atoms with E-state index < -0.39 is 23.3 Å².